The van der Waals surface area contributed by atoms with Gasteiger partial charge in [0, 0.05) is 17.0 Å². The lowest BCUT2D eigenvalue weighted by atomic mass is 10.2. The van der Waals surface area contributed by atoms with E-state index in [1.165, 1.54) is 16.4 Å². The van der Waals surface area contributed by atoms with Gasteiger partial charge in [-0.25, -0.2) is 0 Å². The highest BCUT2D eigenvalue weighted by Gasteiger charge is 2.08. The van der Waals surface area contributed by atoms with Gasteiger partial charge in [-0.15, -0.1) is 0 Å². The fraction of sp³-hybridized carbons (Fsp3) is 0.667. The van der Waals surface area contributed by atoms with Crippen molar-refractivity contribution in [3.05, 3.63) is 10.9 Å². The van der Waals surface area contributed by atoms with Crippen LogP contribution < -0.4 is 10.1 Å². The molecule has 1 aromatic rings. The van der Waals surface area contributed by atoms with Crippen LogP contribution in [0.5, 0.6) is 5.88 Å². The molecule has 1 aromatic heterocycles. The summed E-state index contributed by atoms with van der Waals surface area (Å²) in [4.78, 5) is 1.23. The fourth-order valence-electron chi connectivity index (χ4n) is 1.03. The molecule has 3 nitrogen and oxygen atoms in total. The molecule has 0 saturated carbocycles. The Kier molecular flexibility index (Phi) is 4.18. The third kappa shape index (κ3) is 2.97. The Morgan fingerprint density at radius 2 is 2.46 bits per heavy atom. The zero-order valence-corrected chi connectivity index (χ0v) is 9.15. The minimum atomic E-state index is 0.376. The standard InChI is InChI=1S/C9H16N2OS/c1-4-5-10-7(2)8-6-9(12-3)11-13-8/h6-7,10H,4-5H2,1-3H3. The smallest absolute Gasteiger partial charge is 0.225 e. The van der Waals surface area contributed by atoms with Gasteiger partial charge in [-0.05, 0) is 31.4 Å². The van der Waals surface area contributed by atoms with Crippen LogP contribution in [0.2, 0.25) is 0 Å². The summed E-state index contributed by atoms with van der Waals surface area (Å²) in [7, 11) is 1.64. The Morgan fingerprint density at radius 1 is 1.69 bits per heavy atom. The summed E-state index contributed by atoms with van der Waals surface area (Å²) in [6.45, 7) is 5.34. The van der Waals surface area contributed by atoms with E-state index in [-0.39, 0.29) is 0 Å². The predicted octanol–water partition coefficient (Wildman–Crippen LogP) is 2.21. The van der Waals surface area contributed by atoms with Crippen molar-refractivity contribution in [1.82, 2.24) is 9.69 Å². The molecule has 1 N–H and O–H groups in total. The lowest BCUT2D eigenvalue weighted by Crippen LogP contribution is -2.18. The Hall–Kier alpha value is -0.610. The maximum absolute atomic E-state index is 5.02. The average Bonchev–Trinajstić information content (AvgIpc) is 2.62. The number of hydrogen-bond acceptors (Lipinski definition) is 4. The van der Waals surface area contributed by atoms with Crippen LogP contribution in [-0.2, 0) is 0 Å². The molecule has 0 aliphatic rings. The molecular weight excluding hydrogens is 184 g/mol. The molecule has 0 aromatic carbocycles. The molecule has 0 aliphatic carbocycles. The molecule has 1 unspecified atom stereocenters. The van der Waals surface area contributed by atoms with E-state index >= 15 is 0 Å². The van der Waals surface area contributed by atoms with Gasteiger partial charge in [0.25, 0.3) is 0 Å². The van der Waals surface area contributed by atoms with E-state index in [9.17, 15) is 0 Å². The predicted molar refractivity (Wildman–Crippen MR) is 55.4 cm³/mol. The number of nitrogens with one attached hydrogen (secondary N) is 1. The average molecular weight is 200 g/mol. The monoisotopic (exact) mass is 200 g/mol. The number of rotatable bonds is 5. The van der Waals surface area contributed by atoms with Crippen LogP contribution in [0.1, 0.15) is 31.2 Å². The molecule has 1 rings (SSSR count). The molecular formula is C9H16N2OS. The van der Waals surface area contributed by atoms with Crippen LogP contribution >= 0.6 is 11.5 Å². The first-order chi connectivity index (χ1) is 6.27. The topological polar surface area (TPSA) is 34.1 Å². The fourth-order valence-corrected chi connectivity index (χ4v) is 1.75. The molecule has 0 aliphatic heterocycles. The molecule has 1 atom stereocenters. The number of methoxy groups -OCH3 is 1. The van der Waals surface area contributed by atoms with E-state index in [1.54, 1.807) is 7.11 Å². The maximum atomic E-state index is 5.02. The molecule has 0 bridgehead atoms. The van der Waals surface area contributed by atoms with Crippen LogP contribution in [0.25, 0.3) is 0 Å². The van der Waals surface area contributed by atoms with E-state index in [0.717, 1.165) is 13.0 Å². The van der Waals surface area contributed by atoms with Crippen molar-refractivity contribution in [2.24, 2.45) is 0 Å². The molecule has 4 heteroatoms. The SMILES string of the molecule is CCCNC(C)c1cc(OC)ns1. The van der Waals surface area contributed by atoms with E-state index in [1.807, 2.05) is 6.07 Å². The van der Waals surface area contributed by atoms with Crippen molar-refractivity contribution in [2.45, 2.75) is 26.3 Å². The molecule has 74 valence electrons. The number of hydrogen-bond donors (Lipinski definition) is 1. The minimum Gasteiger partial charge on any atom is -0.480 e. The van der Waals surface area contributed by atoms with Crippen LogP contribution in [0.15, 0.2) is 6.07 Å². The van der Waals surface area contributed by atoms with Crippen LogP contribution in [-0.4, -0.2) is 18.0 Å². The van der Waals surface area contributed by atoms with Crippen LogP contribution in [0, 0.1) is 0 Å². The molecule has 0 radical (unpaired) electrons. The Bertz CT molecular complexity index is 250. The Balaban J connectivity index is 2.50. The molecule has 13 heavy (non-hydrogen) atoms. The molecule has 0 fully saturated rings. The second-order valence-corrected chi connectivity index (χ2v) is 3.78. The lowest BCUT2D eigenvalue weighted by Gasteiger charge is -2.09. The van der Waals surface area contributed by atoms with Gasteiger partial charge in [-0.2, -0.15) is 4.37 Å². The first-order valence-electron chi connectivity index (χ1n) is 4.52. The van der Waals surface area contributed by atoms with Gasteiger partial charge in [0.2, 0.25) is 5.88 Å². The van der Waals surface area contributed by atoms with Gasteiger partial charge < -0.3 is 10.1 Å². The summed E-state index contributed by atoms with van der Waals surface area (Å²) in [5, 5.41) is 3.40. The van der Waals surface area contributed by atoms with Crippen molar-refractivity contribution < 1.29 is 4.74 Å². The van der Waals surface area contributed by atoms with Crippen molar-refractivity contribution in [3.63, 3.8) is 0 Å². The normalized spacial score (nSPS) is 12.8. The summed E-state index contributed by atoms with van der Waals surface area (Å²) in [5.74, 6) is 0.713. The molecule has 0 saturated heterocycles. The lowest BCUT2D eigenvalue weighted by molar-refractivity contribution is 0.402. The highest BCUT2D eigenvalue weighted by atomic mass is 32.1. The summed E-state index contributed by atoms with van der Waals surface area (Å²) in [6.07, 6.45) is 1.15. The van der Waals surface area contributed by atoms with Gasteiger partial charge in [0.05, 0.1) is 7.11 Å². The molecule has 0 spiro atoms. The van der Waals surface area contributed by atoms with Crippen molar-refractivity contribution in [3.8, 4) is 5.88 Å². The minimum absolute atomic E-state index is 0.376. The molecule has 0 amide bonds. The Labute approximate surface area is 83.3 Å². The van der Waals surface area contributed by atoms with Gasteiger partial charge >= 0.3 is 0 Å². The van der Waals surface area contributed by atoms with Gasteiger partial charge in [-0.1, -0.05) is 6.92 Å². The van der Waals surface area contributed by atoms with E-state index in [4.69, 9.17) is 4.74 Å². The zero-order valence-electron chi connectivity index (χ0n) is 8.33. The third-order valence-electron chi connectivity index (χ3n) is 1.84. The highest BCUT2D eigenvalue weighted by molar-refractivity contribution is 7.06. The first kappa shape index (κ1) is 10.5. The number of ether oxygens (including phenoxy) is 1. The maximum Gasteiger partial charge on any atom is 0.225 e. The van der Waals surface area contributed by atoms with E-state index in [0.29, 0.717) is 11.9 Å². The largest absolute Gasteiger partial charge is 0.480 e. The second-order valence-electron chi connectivity index (χ2n) is 2.95. The Morgan fingerprint density at radius 3 is 3.00 bits per heavy atom. The van der Waals surface area contributed by atoms with Gasteiger partial charge in [0.1, 0.15) is 0 Å². The third-order valence-corrected chi connectivity index (χ3v) is 2.80. The van der Waals surface area contributed by atoms with Gasteiger partial charge in [-0.3, -0.25) is 0 Å². The second kappa shape index (κ2) is 5.19. The van der Waals surface area contributed by atoms with E-state index < -0.39 is 0 Å². The van der Waals surface area contributed by atoms with Crippen molar-refractivity contribution >= 4 is 11.5 Å². The van der Waals surface area contributed by atoms with Crippen LogP contribution in [0.4, 0.5) is 0 Å². The highest BCUT2D eigenvalue weighted by Crippen LogP contribution is 2.22. The van der Waals surface area contributed by atoms with Gasteiger partial charge in [0.15, 0.2) is 0 Å². The number of nitrogens with zero attached hydrogens (tertiary/aromatic N) is 1. The molecule has 1 heterocycles. The summed E-state index contributed by atoms with van der Waals surface area (Å²) >= 11 is 1.50. The summed E-state index contributed by atoms with van der Waals surface area (Å²) < 4.78 is 9.16. The number of aromatic nitrogens is 1. The zero-order chi connectivity index (χ0) is 9.68. The van der Waals surface area contributed by atoms with Crippen molar-refractivity contribution in [2.75, 3.05) is 13.7 Å². The van der Waals surface area contributed by atoms with Crippen molar-refractivity contribution in [1.29, 1.82) is 0 Å². The van der Waals surface area contributed by atoms with E-state index in [2.05, 4.69) is 23.5 Å². The summed E-state index contributed by atoms with van der Waals surface area (Å²) in [6, 6.07) is 2.36. The summed E-state index contributed by atoms with van der Waals surface area (Å²) in [5.41, 5.74) is 0. The quantitative estimate of drug-likeness (QED) is 0.791. The van der Waals surface area contributed by atoms with Crippen LogP contribution in [0.3, 0.4) is 0 Å². The first-order valence-corrected chi connectivity index (χ1v) is 5.29.